The maximum Gasteiger partial charge on any atom is 0.193 e. The number of hydrogen-bond acceptors (Lipinski definition) is 3. The third-order valence-corrected chi connectivity index (χ3v) is 4.68. The fourth-order valence-corrected chi connectivity index (χ4v) is 3.35. The monoisotopic (exact) mass is 371 g/mol. The van der Waals surface area contributed by atoms with Crippen LogP contribution in [0.15, 0.2) is 29.3 Å². The smallest absolute Gasteiger partial charge is 0.193 e. The minimum Gasteiger partial charge on any atom is -0.494 e. The highest BCUT2D eigenvalue weighted by molar-refractivity contribution is 5.79. The molecule has 1 aromatic carbocycles. The van der Waals surface area contributed by atoms with Crippen molar-refractivity contribution in [3.05, 3.63) is 46.8 Å². The zero-order valence-corrected chi connectivity index (χ0v) is 17.5. The second kappa shape index (κ2) is 10.00. The van der Waals surface area contributed by atoms with Gasteiger partial charge in [-0.25, -0.2) is 0 Å². The van der Waals surface area contributed by atoms with Crippen LogP contribution in [-0.4, -0.2) is 41.3 Å². The summed E-state index contributed by atoms with van der Waals surface area (Å²) >= 11 is 0. The number of nitrogens with one attached hydrogen (secondary N) is 1. The maximum atomic E-state index is 5.51. The van der Waals surface area contributed by atoms with Crippen LogP contribution in [-0.2, 0) is 33.0 Å². The summed E-state index contributed by atoms with van der Waals surface area (Å²) < 4.78 is 7.51. The highest BCUT2D eigenvalue weighted by atomic mass is 16.5. The van der Waals surface area contributed by atoms with Crippen LogP contribution >= 0.6 is 0 Å². The standard InChI is InChI=1S/C21H33N5O/c1-7-19-18(20(8-2)26(6)24-19)14-23-21(22-4)25(5)15-16-10-12-17(13-11-16)27-9-3/h10-13H,7-9,14-15H2,1-6H3,(H,22,23). The van der Waals surface area contributed by atoms with Gasteiger partial charge in [0.1, 0.15) is 5.75 Å². The Morgan fingerprint density at radius 2 is 1.89 bits per heavy atom. The molecule has 0 amide bonds. The molecule has 2 aromatic rings. The molecule has 6 heteroatoms. The van der Waals surface area contributed by atoms with Crippen LogP contribution in [0.25, 0.3) is 0 Å². The fourth-order valence-electron chi connectivity index (χ4n) is 3.35. The summed E-state index contributed by atoms with van der Waals surface area (Å²) in [5, 5.41) is 8.15. The molecule has 0 spiro atoms. The van der Waals surface area contributed by atoms with Crippen molar-refractivity contribution >= 4 is 5.96 Å². The third-order valence-electron chi connectivity index (χ3n) is 4.68. The van der Waals surface area contributed by atoms with Gasteiger partial charge >= 0.3 is 0 Å². The Kier molecular flexibility index (Phi) is 7.70. The summed E-state index contributed by atoms with van der Waals surface area (Å²) in [5.41, 5.74) is 4.95. The van der Waals surface area contributed by atoms with E-state index in [-0.39, 0.29) is 0 Å². The lowest BCUT2D eigenvalue weighted by atomic mass is 10.1. The van der Waals surface area contributed by atoms with E-state index in [0.29, 0.717) is 6.61 Å². The largest absolute Gasteiger partial charge is 0.494 e. The summed E-state index contributed by atoms with van der Waals surface area (Å²) in [6.45, 7) is 8.52. The molecule has 0 bridgehead atoms. The van der Waals surface area contributed by atoms with Gasteiger partial charge < -0.3 is 15.0 Å². The maximum absolute atomic E-state index is 5.51. The minimum atomic E-state index is 0.684. The Bertz CT molecular complexity index is 749. The van der Waals surface area contributed by atoms with Gasteiger partial charge in [0.25, 0.3) is 0 Å². The first-order valence-corrected chi connectivity index (χ1v) is 9.71. The molecule has 0 unspecified atom stereocenters. The van der Waals surface area contributed by atoms with Crippen LogP contribution in [0.5, 0.6) is 5.75 Å². The van der Waals surface area contributed by atoms with Crippen molar-refractivity contribution in [3.63, 3.8) is 0 Å². The first kappa shape index (κ1) is 20.8. The van der Waals surface area contributed by atoms with Crippen molar-refractivity contribution in [1.82, 2.24) is 20.0 Å². The lowest BCUT2D eigenvalue weighted by molar-refractivity contribution is 0.340. The minimum absolute atomic E-state index is 0.684. The van der Waals surface area contributed by atoms with Gasteiger partial charge in [-0.2, -0.15) is 5.10 Å². The van der Waals surface area contributed by atoms with Gasteiger partial charge in [0.15, 0.2) is 5.96 Å². The van der Waals surface area contributed by atoms with E-state index in [4.69, 9.17) is 4.74 Å². The lowest BCUT2D eigenvalue weighted by Gasteiger charge is -2.22. The van der Waals surface area contributed by atoms with E-state index in [1.54, 1.807) is 0 Å². The summed E-state index contributed by atoms with van der Waals surface area (Å²) in [6.07, 6.45) is 1.91. The van der Waals surface area contributed by atoms with E-state index in [2.05, 4.69) is 53.3 Å². The molecule has 1 aromatic heterocycles. The molecule has 0 aliphatic heterocycles. The average molecular weight is 372 g/mol. The van der Waals surface area contributed by atoms with Gasteiger partial charge in [0.05, 0.1) is 12.3 Å². The van der Waals surface area contributed by atoms with Crippen molar-refractivity contribution in [1.29, 1.82) is 0 Å². The molecule has 148 valence electrons. The first-order chi connectivity index (χ1) is 13.0. The summed E-state index contributed by atoms with van der Waals surface area (Å²) in [7, 11) is 5.90. The number of ether oxygens (including phenoxy) is 1. The first-order valence-electron chi connectivity index (χ1n) is 9.71. The van der Waals surface area contributed by atoms with Gasteiger partial charge in [0, 0.05) is 45.5 Å². The molecular formula is C21H33N5O. The molecule has 1 heterocycles. The van der Waals surface area contributed by atoms with Crippen LogP contribution in [0.2, 0.25) is 0 Å². The van der Waals surface area contributed by atoms with Crippen LogP contribution in [0.1, 0.15) is 43.3 Å². The quantitative estimate of drug-likeness (QED) is 0.572. The second-order valence-corrected chi connectivity index (χ2v) is 6.54. The highest BCUT2D eigenvalue weighted by Crippen LogP contribution is 2.16. The van der Waals surface area contributed by atoms with Gasteiger partial charge in [-0.05, 0) is 37.5 Å². The topological polar surface area (TPSA) is 54.7 Å². The van der Waals surface area contributed by atoms with Crippen molar-refractivity contribution < 1.29 is 4.74 Å². The SMILES string of the molecule is CCOc1ccc(CN(C)C(=NC)NCc2c(CC)nn(C)c2CC)cc1. The van der Waals surface area contributed by atoms with Crippen molar-refractivity contribution in [2.45, 2.75) is 46.7 Å². The van der Waals surface area contributed by atoms with E-state index in [0.717, 1.165) is 43.3 Å². The van der Waals surface area contributed by atoms with Crippen LogP contribution < -0.4 is 10.1 Å². The number of benzene rings is 1. The molecule has 0 saturated carbocycles. The Morgan fingerprint density at radius 3 is 2.44 bits per heavy atom. The molecule has 0 aliphatic rings. The Balaban J connectivity index is 2.03. The molecule has 1 N–H and O–H groups in total. The second-order valence-electron chi connectivity index (χ2n) is 6.54. The summed E-state index contributed by atoms with van der Waals surface area (Å²) in [5.74, 6) is 1.78. The Labute approximate surface area is 163 Å². The highest BCUT2D eigenvalue weighted by Gasteiger charge is 2.15. The fraction of sp³-hybridized carbons (Fsp3) is 0.524. The molecule has 27 heavy (non-hydrogen) atoms. The Hall–Kier alpha value is -2.50. The van der Waals surface area contributed by atoms with Crippen molar-refractivity contribution in [2.24, 2.45) is 12.0 Å². The van der Waals surface area contributed by atoms with Gasteiger partial charge in [-0.3, -0.25) is 9.67 Å². The molecular weight excluding hydrogens is 338 g/mol. The normalized spacial score (nSPS) is 11.6. The van der Waals surface area contributed by atoms with Crippen LogP contribution in [0, 0.1) is 0 Å². The zero-order valence-electron chi connectivity index (χ0n) is 17.5. The molecule has 0 radical (unpaired) electrons. The van der Waals surface area contributed by atoms with Crippen LogP contribution in [0.4, 0.5) is 0 Å². The number of aliphatic imine (C=N–C) groups is 1. The molecule has 2 rings (SSSR count). The van der Waals surface area contributed by atoms with E-state index in [1.165, 1.54) is 16.8 Å². The number of guanidine groups is 1. The molecule has 0 fully saturated rings. The lowest BCUT2D eigenvalue weighted by Crippen LogP contribution is -2.38. The molecule has 0 atom stereocenters. The van der Waals surface area contributed by atoms with E-state index >= 15 is 0 Å². The third kappa shape index (κ3) is 5.25. The Morgan fingerprint density at radius 1 is 1.19 bits per heavy atom. The van der Waals surface area contributed by atoms with E-state index in [9.17, 15) is 0 Å². The van der Waals surface area contributed by atoms with Gasteiger partial charge in [0.2, 0.25) is 0 Å². The van der Waals surface area contributed by atoms with E-state index < -0.39 is 0 Å². The number of nitrogens with zero attached hydrogens (tertiary/aromatic N) is 4. The average Bonchev–Trinajstić information content (AvgIpc) is 2.98. The van der Waals surface area contributed by atoms with Gasteiger partial charge in [-0.1, -0.05) is 26.0 Å². The molecule has 0 aliphatic carbocycles. The van der Waals surface area contributed by atoms with Crippen molar-refractivity contribution in [2.75, 3.05) is 20.7 Å². The zero-order chi connectivity index (χ0) is 19.8. The predicted octanol–water partition coefficient (Wildman–Crippen LogP) is 3.15. The number of aryl methyl sites for hydroxylation is 2. The predicted molar refractivity (Wildman–Crippen MR) is 111 cm³/mol. The number of aromatic nitrogens is 2. The van der Waals surface area contributed by atoms with E-state index in [1.807, 2.05) is 37.8 Å². The molecule has 0 saturated heterocycles. The van der Waals surface area contributed by atoms with Crippen LogP contribution in [0.3, 0.4) is 0 Å². The summed E-state index contributed by atoms with van der Waals surface area (Å²) in [4.78, 5) is 6.57. The molecule has 6 nitrogen and oxygen atoms in total. The number of rotatable bonds is 8. The van der Waals surface area contributed by atoms with Crippen molar-refractivity contribution in [3.8, 4) is 5.75 Å². The number of hydrogen-bond donors (Lipinski definition) is 1. The summed E-state index contributed by atoms with van der Waals surface area (Å²) in [6, 6.07) is 8.22. The van der Waals surface area contributed by atoms with Gasteiger partial charge in [-0.15, -0.1) is 0 Å².